The van der Waals surface area contributed by atoms with Crippen LogP contribution < -0.4 is 0 Å². The second-order valence-electron chi connectivity index (χ2n) is 6.55. The van der Waals surface area contributed by atoms with Crippen LogP contribution in [-0.2, 0) is 9.59 Å². The van der Waals surface area contributed by atoms with Gasteiger partial charge in [0, 0.05) is 30.9 Å². The Hall–Kier alpha value is -1.88. The molecule has 24 heavy (non-hydrogen) atoms. The minimum Gasteiger partial charge on any atom is -0.339 e. The summed E-state index contributed by atoms with van der Waals surface area (Å²) in [5.74, 6) is 0.0238. The number of likely N-dealkylation sites (N-methyl/N-ethyl adjacent to an activating group) is 1. The lowest BCUT2D eigenvalue weighted by atomic mass is 10.1. The fourth-order valence-electron chi connectivity index (χ4n) is 3.45. The number of rotatable bonds is 5. The average Bonchev–Trinajstić information content (AvgIpc) is 2.98. The Balaban J connectivity index is 2.02. The van der Waals surface area contributed by atoms with Crippen LogP contribution in [0.3, 0.4) is 0 Å². The van der Waals surface area contributed by atoms with E-state index in [0.717, 1.165) is 31.4 Å². The first-order valence-corrected chi connectivity index (χ1v) is 8.80. The van der Waals surface area contributed by atoms with Gasteiger partial charge in [0.15, 0.2) is 6.29 Å². The van der Waals surface area contributed by atoms with Crippen LogP contribution in [0.4, 0.5) is 0 Å². The van der Waals surface area contributed by atoms with Gasteiger partial charge in [-0.25, -0.2) is 0 Å². The van der Waals surface area contributed by atoms with Crippen molar-refractivity contribution in [3.63, 3.8) is 0 Å². The van der Waals surface area contributed by atoms with Gasteiger partial charge in [-0.2, -0.15) is 0 Å². The normalized spacial score (nSPS) is 26.5. The molecule has 5 nitrogen and oxygen atoms in total. The van der Waals surface area contributed by atoms with Crippen LogP contribution >= 0.6 is 0 Å². The Bertz CT molecular complexity index is 553. The molecular weight excluding hydrogens is 302 g/mol. The third-order valence-corrected chi connectivity index (χ3v) is 5.03. The summed E-state index contributed by atoms with van der Waals surface area (Å²) in [7, 11) is 2.09. The molecule has 0 saturated carbocycles. The van der Waals surface area contributed by atoms with Crippen LogP contribution in [0.1, 0.15) is 33.1 Å². The molecule has 2 aliphatic rings. The van der Waals surface area contributed by atoms with Crippen LogP contribution in [0, 0.1) is 0 Å². The molecule has 0 bridgehead atoms. The molecule has 0 aromatic rings. The van der Waals surface area contributed by atoms with E-state index in [9.17, 15) is 9.59 Å². The Morgan fingerprint density at radius 3 is 2.67 bits per heavy atom. The van der Waals surface area contributed by atoms with Crippen LogP contribution in [-0.4, -0.2) is 65.7 Å². The molecule has 2 heterocycles. The van der Waals surface area contributed by atoms with Gasteiger partial charge >= 0.3 is 0 Å². The Kier molecular flexibility index (Phi) is 6.37. The van der Waals surface area contributed by atoms with E-state index < -0.39 is 0 Å². The number of amides is 1. The standard InChI is InChI=1S/C19H29N3O2/c1-5-7-18(14-23)21-12-13-22(16(3)15(21)2)19(24)10-9-17-8-6-11-20(17)4/h7,9-10,14,16-17H,2,5-6,8,11-13H2,1,3-4H3/b10-9+,18-7-. The molecule has 2 aliphatic heterocycles. The predicted octanol–water partition coefficient (Wildman–Crippen LogP) is 2.18. The highest BCUT2D eigenvalue weighted by atomic mass is 16.2. The van der Waals surface area contributed by atoms with Crippen molar-refractivity contribution >= 4 is 12.2 Å². The molecule has 5 heteroatoms. The molecule has 0 spiro atoms. The average molecular weight is 331 g/mol. The zero-order chi connectivity index (χ0) is 17.7. The van der Waals surface area contributed by atoms with Crippen LogP contribution in [0.2, 0.25) is 0 Å². The molecule has 2 fully saturated rings. The van der Waals surface area contributed by atoms with E-state index >= 15 is 0 Å². The molecule has 0 aromatic heterocycles. The minimum atomic E-state index is -0.114. The number of aldehydes is 1. The van der Waals surface area contributed by atoms with Gasteiger partial charge in [-0.05, 0) is 39.8 Å². The van der Waals surface area contributed by atoms with E-state index in [0.29, 0.717) is 24.8 Å². The van der Waals surface area contributed by atoms with Gasteiger partial charge in [0.2, 0.25) is 5.91 Å². The molecule has 2 atom stereocenters. The molecule has 1 amide bonds. The van der Waals surface area contributed by atoms with Crippen molar-refractivity contribution in [2.45, 2.75) is 45.2 Å². The maximum Gasteiger partial charge on any atom is 0.246 e. The fraction of sp³-hybridized carbons (Fsp3) is 0.579. The maximum absolute atomic E-state index is 12.6. The van der Waals surface area contributed by atoms with Crippen LogP contribution in [0.25, 0.3) is 0 Å². The highest BCUT2D eigenvalue weighted by Crippen LogP contribution is 2.23. The third-order valence-electron chi connectivity index (χ3n) is 5.03. The summed E-state index contributed by atoms with van der Waals surface area (Å²) in [5, 5.41) is 0. The van der Waals surface area contributed by atoms with E-state index in [-0.39, 0.29) is 11.9 Å². The number of nitrogens with zero attached hydrogens (tertiary/aromatic N) is 3. The van der Waals surface area contributed by atoms with Crippen molar-refractivity contribution in [2.24, 2.45) is 0 Å². The predicted molar refractivity (Wildman–Crippen MR) is 96.3 cm³/mol. The van der Waals surface area contributed by atoms with Gasteiger partial charge in [0.1, 0.15) is 0 Å². The Labute approximate surface area is 145 Å². The summed E-state index contributed by atoms with van der Waals surface area (Å²) in [4.78, 5) is 29.9. The summed E-state index contributed by atoms with van der Waals surface area (Å²) < 4.78 is 0. The number of hydrogen-bond acceptors (Lipinski definition) is 4. The van der Waals surface area contributed by atoms with Gasteiger partial charge in [-0.3, -0.25) is 14.5 Å². The lowest BCUT2D eigenvalue weighted by Crippen LogP contribution is -2.51. The van der Waals surface area contributed by atoms with Crippen molar-refractivity contribution in [1.82, 2.24) is 14.7 Å². The first kappa shape index (κ1) is 18.5. The van der Waals surface area contributed by atoms with E-state index in [1.54, 1.807) is 6.08 Å². The molecular formula is C19H29N3O2. The van der Waals surface area contributed by atoms with Crippen molar-refractivity contribution < 1.29 is 9.59 Å². The van der Waals surface area contributed by atoms with Gasteiger partial charge in [0.25, 0.3) is 0 Å². The molecule has 0 radical (unpaired) electrons. The Morgan fingerprint density at radius 2 is 2.08 bits per heavy atom. The summed E-state index contributed by atoms with van der Waals surface area (Å²) in [6.07, 6.45) is 9.59. The molecule has 0 aromatic carbocycles. The number of hydrogen-bond donors (Lipinski definition) is 0. The van der Waals surface area contributed by atoms with Crippen molar-refractivity contribution in [2.75, 3.05) is 26.7 Å². The molecule has 2 unspecified atom stereocenters. The molecule has 0 aliphatic carbocycles. The van der Waals surface area contributed by atoms with E-state index in [1.165, 1.54) is 6.42 Å². The number of carbonyl (C=O) groups excluding carboxylic acids is 2. The number of likely N-dealkylation sites (tertiary alicyclic amines) is 1. The second kappa shape index (κ2) is 8.29. The molecule has 2 rings (SSSR count). The molecule has 0 N–H and O–H groups in total. The van der Waals surface area contributed by atoms with E-state index in [1.807, 2.05) is 35.8 Å². The number of piperazine rings is 1. The summed E-state index contributed by atoms with van der Waals surface area (Å²) >= 11 is 0. The second-order valence-corrected chi connectivity index (χ2v) is 6.55. The zero-order valence-corrected chi connectivity index (χ0v) is 15.1. The van der Waals surface area contributed by atoms with Gasteiger partial charge < -0.3 is 9.80 Å². The van der Waals surface area contributed by atoms with Crippen LogP contribution in [0.5, 0.6) is 0 Å². The largest absolute Gasteiger partial charge is 0.339 e. The number of allylic oxidation sites excluding steroid dienone is 2. The summed E-state index contributed by atoms with van der Waals surface area (Å²) in [6, 6.07) is 0.250. The highest BCUT2D eigenvalue weighted by Gasteiger charge is 2.30. The smallest absolute Gasteiger partial charge is 0.246 e. The lowest BCUT2D eigenvalue weighted by Gasteiger charge is -2.42. The summed E-state index contributed by atoms with van der Waals surface area (Å²) in [6.45, 7) is 10.4. The van der Waals surface area contributed by atoms with Crippen LogP contribution in [0.15, 0.2) is 36.2 Å². The first-order chi connectivity index (χ1) is 11.5. The number of carbonyl (C=O) groups is 2. The third kappa shape index (κ3) is 3.96. The topological polar surface area (TPSA) is 43.9 Å². The maximum atomic E-state index is 12.6. The Morgan fingerprint density at radius 1 is 1.33 bits per heavy atom. The van der Waals surface area contributed by atoms with E-state index in [4.69, 9.17) is 0 Å². The zero-order valence-electron chi connectivity index (χ0n) is 15.1. The van der Waals surface area contributed by atoms with Gasteiger partial charge in [-0.15, -0.1) is 0 Å². The van der Waals surface area contributed by atoms with E-state index in [2.05, 4.69) is 18.5 Å². The van der Waals surface area contributed by atoms with Crippen molar-refractivity contribution in [1.29, 1.82) is 0 Å². The van der Waals surface area contributed by atoms with Gasteiger partial charge in [-0.1, -0.05) is 25.7 Å². The lowest BCUT2D eigenvalue weighted by molar-refractivity contribution is -0.128. The summed E-state index contributed by atoms with van der Waals surface area (Å²) in [5.41, 5.74) is 1.44. The molecule has 132 valence electrons. The SMILES string of the molecule is C=C1C(C)N(C(=O)/C=C/C2CCCN2C)CCN1/C(C=O)=C\CC. The van der Waals surface area contributed by atoms with Gasteiger partial charge in [0.05, 0.1) is 11.7 Å². The first-order valence-electron chi connectivity index (χ1n) is 8.80. The molecule has 2 saturated heterocycles. The van der Waals surface area contributed by atoms with Crippen molar-refractivity contribution in [3.8, 4) is 0 Å². The quantitative estimate of drug-likeness (QED) is 0.572. The highest BCUT2D eigenvalue weighted by molar-refractivity contribution is 5.88. The minimum absolute atomic E-state index is 0.0238. The fourth-order valence-corrected chi connectivity index (χ4v) is 3.45. The monoisotopic (exact) mass is 331 g/mol. The van der Waals surface area contributed by atoms with Crippen molar-refractivity contribution in [3.05, 3.63) is 36.2 Å².